The second-order valence-electron chi connectivity index (χ2n) is 7.68. The molecule has 6 heteroatoms. The zero-order valence-corrected chi connectivity index (χ0v) is 17.4. The van der Waals surface area contributed by atoms with E-state index in [0.29, 0.717) is 37.4 Å². The quantitative estimate of drug-likeness (QED) is 0.366. The molecule has 0 bridgehead atoms. The van der Waals surface area contributed by atoms with Crippen molar-refractivity contribution < 1.29 is 18.0 Å². The van der Waals surface area contributed by atoms with Crippen LogP contribution in [0.5, 0.6) is 0 Å². The Bertz CT molecular complexity index is 1080. The van der Waals surface area contributed by atoms with Crippen LogP contribution in [0.2, 0.25) is 0 Å². The summed E-state index contributed by atoms with van der Waals surface area (Å²) in [6, 6.07) is 22.6. The molecule has 0 aromatic heterocycles. The maximum Gasteiger partial charge on any atom is 0.416 e. The molecule has 164 valence electrons. The maximum atomic E-state index is 13.0. The van der Waals surface area contributed by atoms with Gasteiger partial charge in [-0.15, -0.1) is 0 Å². The number of alkyl halides is 3. The van der Waals surface area contributed by atoms with Gasteiger partial charge in [0.05, 0.1) is 5.56 Å². The van der Waals surface area contributed by atoms with E-state index in [-0.39, 0.29) is 5.78 Å². The molecule has 1 saturated heterocycles. The van der Waals surface area contributed by atoms with Gasteiger partial charge in [-0.05, 0) is 54.1 Å². The standard InChI is InChI=1S/C26H23F3N2O/c27-26(28,29)22-7-4-8-24(19-22)31-17-15-30(16-18-31)23-12-10-21(11-13-23)25(32)14-9-20-5-2-1-3-6-20/h1-14,19H,15-18H2/b14-9+. The van der Waals surface area contributed by atoms with Crippen LogP contribution in [0, 0.1) is 0 Å². The molecule has 3 aromatic carbocycles. The molecule has 32 heavy (non-hydrogen) atoms. The Kier molecular flexibility index (Phi) is 6.30. The molecule has 0 spiro atoms. The average molecular weight is 436 g/mol. The summed E-state index contributed by atoms with van der Waals surface area (Å²) in [7, 11) is 0. The monoisotopic (exact) mass is 436 g/mol. The Labute approximate surface area is 185 Å². The van der Waals surface area contributed by atoms with E-state index in [1.165, 1.54) is 12.1 Å². The van der Waals surface area contributed by atoms with Crippen LogP contribution in [-0.2, 0) is 6.18 Å². The number of allylic oxidation sites excluding steroid dienone is 1. The van der Waals surface area contributed by atoms with Gasteiger partial charge in [-0.3, -0.25) is 4.79 Å². The van der Waals surface area contributed by atoms with Gasteiger partial charge in [-0.2, -0.15) is 13.2 Å². The number of piperazine rings is 1. The molecule has 0 atom stereocenters. The first-order chi connectivity index (χ1) is 15.4. The van der Waals surface area contributed by atoms with Gasteiger partial charge < -0.3 is 9.80 Å². The molecule has 1 heterocycles. The van der Waals surface area contributed by atoms with Crippen molar-refractivity contribution >= 4 is 23.2 Å². The lowest BCUT2D eigenvalue weighted by atomic mass is 10.1. The van der Waals surface area contributed by atoms with Crippen LogP contribution < -0.4 is 9.80 Å². The molecule has 4 rings (SSSR count). The molecule has 0 aliphatic carbocycles. The van der Waals surface area contributed by atoms with Crippen molar-refractivity contribution in [3.63, 3.8) is 0 Å². The first-order valence-corrected chi connectivity index (χ1v) is 10.4. The summed E-state index contributed by atoms with van der Waals surface area (Å²) < 4.78 is 39.0. The Balaban J connectivity index is 1.36. The van der Waals surface area contributed by atoms with Gasteiger partial charge in [0.1, 0.15) is 0 Å². The van der Waals surface area contributed by atoms with Gasteiger partial charge in [0.2, 0.25) is 0 Å². The van der Waals surface area contributed by atoms with Crippen molar-refractivity contribution in [2.24, 2.45) is 0 Å². The zero-order valence-electron chi connectivity index (χ0n) is 17.4. The van der Waals surface area contributed by atoms with E-state index in [0.717, 1.165) is 17.3 Å². The number of halogens is 3. The molecule has 1 aliphatic heterocycles. The smallest absolute Gasteiger partial charge is 0.368 e. The van der Waals surface area contributed by atoms with Gasteiger partial charge in [0.25, 0.3) is 0 Å². The molecule has 0 saturated carbocycles. The molecule has 0 N–H and O–H groups in total. The first kappa shape index (κ1) is 21.7. The van der Waals surface area contributed by atoms with Crippen LogP contribution in [0.3, 0.4) is 0 Å². The van der Waals surface area contributed by atoms with E-state index < -0.39 is 11.7 Å². The third-order valence-corrected chi connectivity index (χ3v) is 5.56. The topological polar surface area (TPSA) is 23.6 Å². The van der Waals surface area contributed by atoms with Gasteiger partial charge in [0.15, 0.2) is 5.78 Å². The molecule has 0 radical (unpaired) electrons. The highest BCUT2D eigenvalue weighted by Gasteiger charge is 2.31. The number of carbonyl (C=O) groups is 1. The maximum absolute atomic E-state index is 13.0. The first-order valence-electron chi connectivity index (χ1n) is 10.4. The van der Waals surface area contributed by atoms with E-state index in [1.54, 1.807) is 18.2 Å². The number of anilines is 2. The minimum atomic E-state index is -4.34. The lowest BCUT2D eigenvalue weighted by molar-refractivity contribution is -0.137. The summed E-state index contributed by atoms with van der Waals surface area (Å²) in [5, 5.41) is 0. The van der Waals surface area contributed by atoms with Gasteiger partial charge >= 0.3 is 6.18 Å². The Hall–Kier alpha value is -3.54. The third kappa shape index (κ3) is 5.19. The van der Waals surface area contributed by atoms with Crippen molar-refractivity contribution in [1.29, 1.82) is 0 Å². The van der Waals surface area contributed by atoms with Crippen molar-refractivity contribution in [3.05, 3.63) is 102 Å². The van der Waals surface area contributed by atoms with Gasteiger partial charge in [-0.25, -0.2) is 0 Å². The summed E-state index contributed by atoms with van der Waals surface area (Å²) >= 11 is 0. The Morgan fingerprint density at radius 2 is 1.38 bits per heavy atom. The normalized spacial score (nSPS) is 14.7. The molecule has 1 aliphatic rings. The third-order valence-electron chi connectivity index (χ3n) is 5.56. The fourth-order valence-electron chi connectivity index (χ4n) is 3.77. The lowest BCUT2D eigenvalue weighted by Gasteiger charge is -2.37. The van der Waals surface area contributed by atoms with Crippen molar-refractivity contribution in [2.75, 3.05) is 36.0 Å². The molecule has 0 unspecified atom stereocenters. The van der Waals surface area contributed by atoms with Crippen LogP contribution in [0.25, 0.3) is 6.08 Å². The molecule has 3 nitrogen and oxygen atoms in total. The molecule has 0 amide bonds. The molecular formula is C26H23F3N2O. The summed E-state index contributed by atoms with van der Waals surface area (Å²) in [5.41, 5.74) is 2.54. The second kappa shape index (κ2) is 9.30. The number of ketones is 1. The van der Waals surface area contributed by atoms with Crippen molar-refractivity contribution in [3.8, 4) is 0 Å². The van der Waals surface area contributed by atoms with E-state index in [2.05, 4.69) is 4.90 Å². The van der Waals surface area contributed by atoms with E-state index in [4.69, 9.17) is 0 Å². The number of carbonyl (C=O) groups excluding carboxylic acids is 1. The fourth-order valence-corrected chi connectivity index (χ4v) is 3.77. The van der Waals surface area contributed by atoms with Gasteiger partial charge in [0, 0.05) is 43.1 Å². The highest BCUT2D eigenvalue weighted by Crippen LogP contribution is 2.32. The summed E-state index contributed by atoms with van der Waals surface area (Å²) in [4.78, 5) is 16.6. The van der Waals surface area contributed by atoms with E-state index >= 15 is 0 Å². The number of rotatable bonds is 5. The SMILES string of the molecule is O=C(/C=C/c1ccccc1)c1ccc(N2CCN(c3cccc(C(F)(F)F)c3)CC2)cc1. The summed E-state index contributed by atoms with van der Waals surface area (Å²) in [6.07, 6.45) is -0.977. The van der Waals surface area contributed by atoms with Crippen molar-refractivity contribution in [2.45, 2.75) is 6.18 Å². The molecule has 1 fully saturated rings. The zero-order chi connectivity index (χ0) is 22.6. The van der Waals surface area contributed by atoms with Crippen LogP contribution in [0.15, 0.2) is 84.9 Å². The minimum Gasteiger partial charge on any atom is -0.368 e. The molecule has 3 aromatic rings. The fraction of sp³-hybridized carbons (Fsp3) is 0.192. The molecular weight excluding hydrogens is 413 g/mol. The van der Waals surface area contributed by atoms with Crippen LogP contribution in [0.4, 0.5) is 24.5 Å². The highest BCUT2D eigenvalue weighted by molar-refractivity contribution is 6.07. The van der Waals surface area contributed by atoms with E-state index in [9.17, 15) is 18.0 Å². The number of hydrogen-bond acceptors (Lipinski definition) is 3. The highest BCUT2D eigenvalue weighted by atomic mass is 19.4. The lowest BCUT2D eigenvalue weighted by Crippen LogP contribution is -2.46. The predicted molar refractivity (Wildman–Crippen MR) is 122 cm³/mol. The second-order valence-corrected chi connectivity index (χ2v) is 7.68. The number of benzene rings is 3. The van der Waals surface area contributed by atoms with Crippen LogP contribution in [0.1, 0.15) is 21.5 Å². The number of hydrogen-bond donors (Lipinski definition) is 0. The minimum absolute atomic E-state index is 0.0604. The van der Waals surface area contributed by atoms with Crippen molar-refractivity contribution in [1.82, 2.24) is 0 Å². The Morgan fingerprint density at radius 3 is 2.00 bits per heavy atom. The summed E-state index contributed by atoms with van der Waals surface area (Å²) in [6.45, 7) is 2.64. The van der Waals surface area contributed by atoms with Crippen LogP contribution >= 0.6 is 0 Å². The summed E-state index contributed by atoms with van der Waals surface area (Å²) in [5.74, 6) is -0.0604. The largest absolute Gasteiger partial charge is 0.416 e. The van der Waals surface area contributed by atoms with Crippen LogP contribution in [-0.4, -0.2) is 32.0 Å². The Morgan fingerprint density at radius 1 is 0.750 bits per heavy atom. The predicted octanol–water partition coefficient (Wildman–Crippen LogP) is 5.93. The van der Waals surface area contributed by atoms with Gasteiger partial charge in [-0.1, -0.05) is 42.5 Å². The average Bonchev–Trinajstić information content (AvgIpc) is 2.83. The number of nitrogens with zero attached hydrogens (tertiary/aromatic N) is 2. The van der Waals surface area contributed by atoms with E-state index in [1.807, 2.05) is 59.5 Å².